The summed E-state index contributed by atoms with van der Waals surface area (Å²) in [5, 5.41) is 15.1. The van der Waals surface area contributed by atoms with E-state index in [1.54, 1.807) is 0 Å². The first-order valence-electron chi connectivity index (χ1n) is 6.61. The second kappa shape index (κ2) is 5.65. The minimum Gasteiger partial charge on any atom is -0.393 e. The zero-order valence-electron chi connectivity index (χ0n) is 10.8. The third-order valence-electron chi connectivity index (χ3n) is 3.64. The predicted molar refractivity (Wildman–Crippen MR) is 83.6 cm³/mol. The van der Waals surface area contributed by atoms with E-state index in [2.05, 4.69) is 5.32 Å². The molecule has 0 radical (unpaired) electrons. The Labute approximate surface area is 128 Å². The van der Waals surface area contributed by atoms with Crippen LogP contribution >= 0.6 is 23.2 Å². The van der Waals surface area contributed by atoms with Crippen molar-refractivity contribution in [2.75, 3.05) is 5.32 Å². The SMILES string of the molecule is O[C@@H]1Cc2cc(Cl)ccc2N[C@H](c2ccccc2Cl)C1. The van der Waals surface area contributed by atoms with Gasteiger partial charge in [-0.2, -0.15) is 0 Å². The number of benzene rings is 2. The van der Waals surface area contributed by atoms with Gasteiger partial charge in [-0.15, -0.1) is 0 Å². The smallest absolute Gasteiger partial charge is 0.0604 e. The van der Waals surface area contributed by atoms with Crippen LogP contribution < -0.4 is 5.32 Å². The summed E-state index contributed by atoms with van der Waals surface area (Å²) in [5.41, 5.74) is 3.06. The van der Waals surface area contributed by atoms with Gasteiger partial charge < -0.3 is 10.4 Å². The molecule has 0 unspecified atom stereocenters. The molecule has 3 rings (SSSR count). The van der Waals surface area contributed by atoms with E-state index in [9.17, 15) is 5.11 Å². The maximum atomic E-state index is 10.2. The van der Waals surface area contributed by atoms with E-state index in [4.69, 9.17) is 23.2 Å². The number of hydrogen-bond acceptors (Lipinski definition) is 2. The van der Waals surface area contributed by atoms with Gasteiger partial charge in [-0.1, -0.05) is 41.4 Å². The number of rotatable bonds is 1. The van der Waals surface area contributed by atoms with Crippen LogP contribution in [-0.4, -0.2) is 11.2 Å². The van der Waals surface area contributed by atoms with Gasteiger partial charge in [-0.25, -0.2) is 0 Å². The lowest BCUT2D eigenvalue weighted by molar-refractivity contribution is 0.161. The first-order chi connectivity index (χ1) is 9.63. The van der Waals surface area contributed by atoms with Crippen LogP contribution in [0.15, 0.2) is 42.5 Å². The van der Waals surface area contributed by atoms with E-state index in [0.717, 1.165) is 21.8 Å². The molecular weight excluding hydrogens is 293 g/mol. The lowest BCUT2D eigenvalue weighted by Crippen LogP contribution is -2.16. The van der Waals surface area contributed by atoms with Crippen molar-refractivity contribution in [1.82, 2.24) is 0 Å². The Morgan fingerprint density at radius 2 is 1.90 bits per heavy atom. The molecule has 0 fully saturated rings. The van der Waals surface area contributed by atoms with Crippen molar-refractivity contribution >= 4 is 28.9 Å². The zero-order valence-corrected chi connectivity index (χ0v) is 12.3. The standard InChI is InChI=1S/C16H15Cl2NO/c17-11-5-6-15-10(7-11)8-12(20)9-16(19-15)13-3-1-2-4-14(13)18/h1-7,12,16,19-20H,8-9H2/t12-,16+/m1/s1. The van der Waals surface area contributed by atoms with E-state index in [1.165, 1.54) is 0 Å². The van der Waals surface area contributed by atoms with E-state index >= 15 is 0 Å². The molecule has 20 heavy (non-hydrogen) atoms. The summed E-state index contributed by atoms with van der Waals surface area (Å²) in [6, 6.07) is 13.5. The van der Waals surface area contributed by atoms with Crippen LogP contribution in [0.4, 0.5) is 5.69 Å². The molecule has 0 spiro atoms. The molecule has 2 aromatic rings. The van der Waals surface area contributed by atoms with Crippen LogP contribution in [0.25, 0.3) is 0 Å². The Hall–Kier alpha value is -1.22. The second-order valence-corrected chi connectivity index (χ2v) is 5.96. The maximum absolute atomic E-state index is 10.2. The van der Waals surface area contributed by atoms with Crippen molar-refractivity contribution < 1.29 is 5.11 Å². The fourth-order valence-electron chi connectivity index (χ4n) is 2.69. The summed E-state index contributed by atoms with van der Waals surface area (Å²) in [6.45, 7) is 0. The van der Waals surface area contributed by atoms with Crippen molar-refractivity contribution in [3.05, 3.63) is 63.6 Å². The summed E-state index contributed by atoms with van der Waals surface area (Å²) in [7, 11) is 0. The Kier molecular flexibility index (Phi) is 3.88. The van der Waals surface area contributed by atoms with Gasteiger partial charge in [0, 0.05) is 22.2 Å². The number of aliphatic hydroxyl groups is 1. The maximum Gasteiger partial charge on any atom is 0.0604 e. The molecule has 0 aliphatic carbocycles. The van der Waals surface area contributed by atoms with Crippen LogP contribution in [0, 0.1) is 0 Å². The molecule has 104 valence electrons. The zero-order chi connectivity index (χ0) is 14.1. The van der Waals surface area contributed by atoms with Gasteiger partial charge >= 0.3 is 0 Å². The van der Waals surface area contributed by atoms with Crippen LogP contribution in [0.5, 0.6) is 0 Å². The molecule has 0 amide bonds. The molecule has 2 N–H and O–H groups in total. The Morgan fingerprint density at radius 1 is 1.10 bits per heavy atom. The summed E-state index contributed by atoms with van der Waals surface area (Å²) in [5.74, 6) is 0. The number of anilines is 1. The molecule has 0 bridgehead atoms. The fourth-order valence-corrected chi connectivity index (χ4v) is 3.15. The Bertz CT molecular complexity index is 630. The van der Waals surface area contributed by atoms with Gasteiger partial charge in [-0.05, 0) is 41.8 Å². The fraction of sp³-hybridized carbons (Fsp3) is 0.250. The highest BCUT2D eigenvalue weighted by molar-refractivity contribution is 6.31. The molecule has 2 atom stereocenters. The summed E-state index contributed by atoms with van der Waals surface area (Å²) >= 11 is 12.3. The minimum atomic E-state index is -0.413. The van der Waals surface area contributed by atoms with Crippen molar-refractivity contribution in [2.45, 2.75) is 25.0 Å². The van der Waals surface area contributed by atoms with Crippen LogP contribution in [0.2, 0.25) is 10.0 Å². The van der Waals surface area contributed by atoms with Crippen molar-refractivity contribution in [3.8, 4) is 0 Å². The monoisotopic (exact) mass is 307 g/mol. The third-order valence-corrected chi connectivity index (χ3v) is 4.22. The first kappa shape index (κ1) is 13.7. The van der Waals surface area contributed by atoms with E-state index in [-0.39, 0.29) is 6.04 Å². The number of hydrogen-bond donors (Lipinski definition) is 2. The van der Waals surface area contributed by atoms with Gasteiger partial charge in [0.05, 0.1) is 12.1 Å². The summed E-state index contributed by atoms with van der Waals surface area (Å²) in [6.07, 6.45) is 0.809. The molecule has 2 nitrogen and oxygen atoms in total. The molecule has 4 heteroatoms. The van der Waals surface area contributed by atoms with Crippen LogP contribution in [0.1, 0.15) is 23.6 Å². The molecule has 2 aromatic carbocycles. The highest BCUT2D eigenvalue weighted by Gasteiger charge is 2.24. The van der Waals surface area contributed by atoms with E-state index in [1.807, 2.05) is 42.5 Å². The number of aliphatic hydroxyl groups excluding tert-OH is 1. The molecule has 0 saturated heterocycles. The van der Waals surface area contributed by atoms with E-state index < -0.39 is 6.10 Å². The average Bonchev–Trinajstić information content (AvgIpc) is 2.56. The normalized spacial score (nSPS) is 21.8. The third kappa shape index (κ3) is 2.78. The molecule has 1 aliphatic rings. The lowest BCUT2D eigenvalue weighted by atomic mass is 9.99. The number of halogens is 2. The molecule has 0 aromatic heterocycles. The summed E-state index contributed by atoms with van der Waals surface area (Å²) < 4.78 is 0. The van der Waals surface area contributed by atoms with Gasteiger partial charge in [0.1, 0.15) is 0 Å². The van der Waals surface area contributed by atoms with Crippen molar-refractivity contribution in [1.29, 1.82) is 0 Å². The van der Waals surface area contributed by atoms with Crippen LogP contribution in [-0.2, 0) is 6.42 Å². The van der Waals surface area contributed by atoms with Gasteiger partial charge in [0.25, 0.3) is 0 Å². The Morgan fingerprint density at radius 3 is 2.70 bits per heavy atom. The first-order valence-corrected chi connectivity index (χ1v) is 7.36. The second-order valence-electron chi connectivity index (χ2n) is 5.11. The highest BCUT2D eigenvalue weighted by Crippen LogP contribution is 2.35. The molecule has 1 heterocycles. The topological polar surface area (TPSA) is 32.3 Å². The largest absolute Gasteiger partial charge is 0.393 e. The van der Waals surface area contributed by atoms with Crippen molar-refractivity contribution in [3.63, 3.8) is 0 Å². The number of fused-ring (bicyclic) bond motifs is 1. The van der Waals surface area contributed by atoms with Gasteiger partial charge in [0.2, 0.25) is 0 Å². The highest BCUT2D eigenvalue weighted by atomic mass is 35.5. The van der Waals surface area contributed by atoms with E-state index in [0.29, 0.717) is 17.9 Å². The number of nitrogens with one attached hydrogen (secondary N) is 1. The Balaban J connectivity index is 1.99. The summed E-state index contributed by atoms with van der Waals surface area (Å²) in [4.78, 5) is 0. The molecular formula is C16H15Cl2NO. The van der Waals surface area contributed by atoms with Crippen LogP contribution in [0.3, 0.4) is 0 Å². The quantitative estimate of drug-likeness (QED) is 0.815. The molecule has 0 saturated carbocycles. The molecule has 1 aliphatic heterocycles. The van der Waals surface area contributed by atoms with Gasteiger partial charge in [-0.3, -0.25) is 0 Å². The minimum absolute atomic E-state index is 0.00104. The van der Waals surface area contributed by atoms with Gasteiger partial charge in [0.15, 0.2) is 0 Å². The predicted octanol–water partition coefficient (Wildman–Crippen LogP) is 4.45. The van der Waals surface area contributed by atoms with Crippen molar-refractivity contribution in [2.24, 2.45) is 0 Å². The lowest BCUT2D eigenvalue weighted by Gasteiger charge is -2.20. The average molecular weight is 308 g/mol.